The van der Waals surface area contributed by atoms with Crippen molar-refractivity contribution in [2.75, 3.05) is 5.88 Å². The van der Waals surface area contributed by atoms with Crippen molar-refractivity contribution in [1.29, 1.82) is 0 Å². The summed E-state index contributed by atoms with van der Waals surface area (Å²) in [7, 11) is 0. The van der Waals surface area contributed by atoms with E-state index < -0.39 is 6.04 Å². The van der Waals surface area contributed by atoms with Gasteiger partial charge in [-0.05, 0) is 18.6 Å². The van der Waals surface area contributed by atoms with Gasteiger partial charge in [0.05, 0.1) is 10.5 Å². The Morgan fingerprint density at radius 3 is 2.90 bits per heavy atom. The molecule has 110 valence electrons. The molecule has 1 aromatic carbocycles. The first kappa shape index (κ1) is 14.4. The van der Waals surface area contributed by atoms with Crippen molar-refractivity contribution in [2.45, 2.75) is 25.3 Å². The summed E-state index contributed by atoms with van der Waals surface area (Å²) in [5, 5.41) is 2.91. The number of alkyl halides is 1. The Hall–Kier alpha value is -1.59. The number of imidazole rings is 1. The quantitative estimate of drug-likeness (QED) is 0.696. The van der Waals surface area contributed by atoms with Crippen LogP contribution in [0.15, 0.2) is 18.2 Å². The molecule has 1 atom stereocenters. The molecule has 5 nitrogen and oxygen atoms in total. The molecule has 0 aliphatic carbocycles. The summed E-state index contributed by atoms with van der Waals surface area (Å²) < 4.78 is 1.85. The molecule has 2 aromatic rings. The maximum absolute atomic E-state index is 12.1. The van der Waals surface area contributed by atoms with Crippen LogP contribution in [0.3, 0.4) is 0 Å². The van der Waals surface area contributed by atoms with Crippen LogP contribution in [0.25, 0.3) is 11.0 Å². The van der Waals surface area contributed by atoms with Crippen molar-refractivity contribution in [2.24, 2.45) is 0 Å². The number of amides is 2. The third kappa shape index (κ3) is 2.51. The molecule has 1 fully saturated rings. The van der Waals surface area contributed by atoms with E-state index in [1.165, 1.54) is 0 Å². The first-order valence-electron chi connectivity index (χ1n) is 6.67. The topological polar surface area (TPSA) is 64.0 Å². The number of nitrogens with one attached hydrogen (secondary N) is 1. The van der Waals surface area contributed by atoms with E-state index >= 15 is 0 Å². The SMILES string of the molecule is O=C1CCC(n2c(CCCl)nc3c(Cl)cccc32)C(=O)N1. The molecule has 1 aliphatic heterocycles. The van der Waals surface area contributed by atoms with E-state index in [-0.39, 0.29) is 11.8 Å². The highest BCUT2D eigenvalue weighted by atomic mass is 35.5. The monoisotopic (exact) mass is 325 g/mol. The molecule has 1 N–H and O–H groups in total. The number of piperidine rings is 1. The van der Waals surface area contributed by atoms with Crippen molar-refractivity contribution in [1.82, 2.24) is 14.9 Å². The Morgan fingerprint density at radius 1 is 1.38 bits per heavy atom. The Balaban J connectivity index is 2.15. The Bertz CT molecular complexity index is 726. The lowest BCUT2D eigenvalue weighted by molar-refractivity contribution is -0.135. The van der Waals surface area contributed by atoms with Crippen LogP contribution in [0, 0.1) is 0 Å². The number of imide groups is 1. The molecule has 0 bridgehead atoms. The molecule has 21 heavy (non-hydrogen) atoms. The van der Waals surface area contributed by atoms with Crippen molar-refractivity contribution in [3.63, 3.8) is 0 Å². The molecule has 3 rings (SSSR count). The number of halogens is 2. The van der Waals surface area contributed by atoms with Gasteiger partial charge in [-0.1, -0.05) is 17.7 Å². The number of nitrogens with zero attached hydrogens (tertiary/aromatic N) is 2. The van der Waals surface area contributed by atoms with E-state index in [1.807, 2.05) is 16.7 Å². The number of rotatable bonds is 3. The second-order valence-electron chi connectivity index (χ2n) is 4.91. The maximum Gasteiger partial charge on any atom is 0.249 e. The summed E-state index contributed by atoms with van der Waals surface area (Å²) in [6, 6.07) is 5.00. The van der Waals surface area contributed by atoms with Gasteiger partial charge >= 0.3 is 0 Å². The van der Waals surface area contributed by atoms with Gasteiger partial charge in [-0.15, -0.1) is 11.6 Å². The van der Waals surface area contributed by atoms with Crippen LogP contribution in [-0.2, 0) is 16.0 Å². The second kappa shape index (κ2) is 5.66. The summed E-state index contributed by atoms with van der Waals surface area (Å²) in [5.74, 6) is 0.565. The van der Waals surface area contributed by atoms with Gasteiger partial charge in [0.1, 0.15) is 17.4 Å². The summed E-state index contributed by atoms with van der Waals surface area (Å²) in [6.07, 6.45) is 1.30. The molecule has 1 aliphatic rings. The van der Waals surface area contributed by atoms with Crippen molar-refractivity contribution >= 4 is 46.0 Å². The average Bonchev–Trinajstić information content (AvgIpc) is 2.79. The number of benzene rings is 1. The van der Waals surface area contributed by atoms with Crippen LogP contribution in [-0.4, -0.2) is 27.2 Å². The number of para-hydroxylation sites is 1. The Morgan fingerprint density at radius 2 is 2.19 bits per heavy atom. The van der Waals surface area contributed by atoms with E-state index in [0.717, 1.165) is 5.52 Å². The number of carbonyl (C=O) groups excluding carboxylic acids is 2. The van der Waals surface area contributed by atoms with Gasteiger partial charge in [0.15, 0.2) is 0 Å². The van der Waals surface area contributed by atoms with Crippen LogP contribution in [0.1, 0.15) is 24.7 Å². The molecule has 1 aromatic heterocycles. The molecule has 2 amide bonds. The van der Waals surface area contributed by atoms with Crippen molar-refractivity contribution in [3.05, 3.63) is 29.0 Å². The molecular formula is C14H13Cl2N3O2. The number of hydrogen-bond acceptors (Lipinski definition) is 3. The van der Waals surface area contributed by atoms with Gasteiger partial charge in [-0.3, -0.25) is 14.9 Å². The van der Waals surface area contributed by atoms with E-state index in [0.29, 0.717) is 41.5 Å². The summed E-state index contributed by atoms with van der Waals surface area (Å²) in [5.41, 5.74) is 1.45. The molecule has 1 unspecified atom stereocenters. The van der Waals surface area contributed by atoms with Gasteiger partial charge in [0.2, 0.25) is 11.8 Å². The largest absolute Gasteiger partial charge is 0.315 e. The van der Waals surface area contributed by atoms with E-state index in [1.54, 1.807) is 6.07 Å². The third-order valence-electron chi connectivity index (χ3n) is 3.58. The molecule has 7 heteroatoms. The minimum atomic E-state index is -0.454. The first-order valence-corrected chi connectivity index (χ1v) is 7.58. The number of fused-ring (bicyclic) bond motifs is 1. The molecule has 1 saturated heterocycles. The number of carbonyl (C=O) groups is 2. The number of aryl methyl sites for hydroxylation is 1. The van der Waals surface area contributed by atoms with Crippen LogP contribution < -0.4 is 5.32 Å². The smallest absolute Gasteiger partial charge is 0.249 e. The predicted molar refractivity (Wildman–Crippen MR) is 80.6 cm³/mol. The fraction of sp³-hybridized carbons (Fsp3) is 0.357. The van der Waals surface area contributed by atoms with E-state index in [2.05, 4.69) is 10.3 Å². The van der Waals surface area contributed by atoms with Crippen molar-refractivity contribution in [3.8, 4) is 0 Å². The Kier molecular flexibility index (Phi) is 3.87. The highest BCUT2D eigenvalue weighted by molar-refractivity contribution is 6.35. The van der Waals surface area contributed by atoms with Crippen LogP contribution in [0.4, 0.5) is 0 Å². The standard InChI is InChI=1S/C14H13Cl2N3O2/c15-7-6-11-17-13-8(16)2-1-3-9(13)19(11)10-4-5-12(20)18-14(10)21/h1-3,10H,4-7H2,(H,18,20,21). The molecule has 0 radical (unpaired) electrons. The lowest BCUT2D eigenvalue weighted by atomic mass is 10.1. The normalized spacial score (nSPS) is 19.0. The summed E-state index contributed by atoms with van der Waals surface area (Å²) >= 11 is 12.0. The van der Waals surface area contributed by atoms with Gasteiger partial charge in [0.25, 0.3) is 0 Å². The highest BCUT2D eigenvalue weighted by Gasteiger charge is 2.31. The number of aromatic nitrogens is 2. The lowest BCUT2D eigenvalue weighted by Crippen LogP contribution is -2.42. The second-order valence-corrected chi connectivity index (χ2v) is 5.70. The van der Waals surface area contributed by atoms with Crippen LogP contribution >= 0.6 is 23.2 Å². The zero-order chi connectivity index (χ0) is 15.0. The maximum atomic E-state index is 12.1. The summed E-state index contributed by atoms with van der Waals surface area (Å²) in [4.78, 5) is 28.0. The third-order valence-corrected chi connectivity index (χ3v) is 4.08. The first-order chi connectivity index (χ1) is 10.1. The molecular weight excluding hydrogens is 313 g/mol. The Labute approximate surface area is 131 Å². The van der Waals surface area contributed by atoms with E-state index in [4.69, 9.17) is 23.2 Å². The minimum Gasteiger partial charge on any atom is -0.315 e. The molecule has 0 spiro atoms. The fourth-order valence-corrected chi connectivity index (χ4v) is 3.05. The molecule has 2 heterocycles. The van der Waals surface area contributed by atoms with Gasteiger partial charge in [-0.25, -0.2) is 4.98 Å². The van der Waals surface area contributed by atoms with E-state index in [9.17, 15) is 9.59 Å². The van der Waals surface area contributed by atoms with Gasteiger partial charge < -0.3 is 4.57 Å². The minimum absolute atomic E-state index is 0.238. The van der Waals surface area contributed by atoms with Gasteiger partial charge in [-0.2, -0.15) is 0 Å². The van der Waals surface area contributed by atoms with Gasteiger partial charge in [0, 0.05) is 18.7 Å². The number of hydrogen-bond donors (Lipinski definition) is 1. The zero-order valence-corrected chi connectivity index (χ0v) is 12.6. The zero-order valence-electron chi connectivity index (χ0n) is 11.1. The fourth-order valence-electron chi connectivity index (χ4n) is 2.67. The molecule has 0 saturated carbocycles. The lowest BCUT2D eigenvalue weighted by Gasteiger charge is -2.24. The van der Waals surface area contributed by atoms with Crippen LogP contribution in [0.2, 0.25) is 5.02 Å². The van der Waals surface area contributed by atoms with Crippen molar-refractivity contribution < 1.29 is 9.59 Å². The predicted octanol–water partition coefficient (Wildman–Crippen LogP) is 2.45. The average molecular weight is 326 g/mol. The summed E-state index contributed by atoms with van der Waals surface area (Å²) in [6.45, 7) is 0. The van der Waals surface area contributed by atoms with Crippen LogP contribution in [0.5, 0.6) is 0 Å². The highest BCUT2D eigenvalue weighted by Crippen LogP contribution is 2.30.